The van der Waals surface area contributed by atoms with E-state index in [0.29, 0.717) is 22.4 Å². The van der Waals surface area contributed by atoms with Crippen LogP contribution in [0.5, 0.6) is 0 Å². The molecule has 82 valence electrons. The molecule has 15 heavy (non-hydrogen) atoms. The molecule has 0 aliphatic heterocycles. The first-order valence-electron chi connectivity index (χ1n) is 5.40. The van der Waals surface area contributed by atoms with Gasteiger partial charge in [0.05, 0.1) is 17.1 Å². The second kappa shape index (κ2) is 4.27. The summed E-state index contributed by atoms with van der Waals surface area (Å²) in [5.41, 5.74) is 13.7. The average Bonchev–Trinajstić information content (AvgIpc) is 2.25. The Morgan fingerprint density at radius 2 is 1.80 bits per heavy atom. The van der Waals surface area contributed by atoms with E-state index in [1.165, 1.54) is 19.3 Å². The maximum atomic E-state index is 5.92. The maximum absolute atomic E-state index is 5.92. The van der Waals surface area contributed by atoms with Crippen LogP contribution in [0.3, 0.4) is 0 Å². The standard InChI is InChI=1S/C11H16ClN3/c12-11-9(14)6-8(13)10(15-11)7-4-2-1-3-5-7/h6-7H,1-5,13-14H2. The number of halogens is 1. The summed E-state index contributed by atoms with van der Waals surface area (Å²) in [6.45, 7) is 0. The Hall–Kier alpha value is -0.960. The number of rotatable bonds is 1. The highest BCUT2D eigenvalue weighted by atomic mass is 35.5. The maximum Gasteiger partial charge on any atom is 0.152 e. The fourth-order valence-electron chi connectivity index (χ4n) is 2.24. The molecule has 1 saturated carbocycles. The van der Waals surface area contributed by atoms with Gasteiger partial charge in [0.1, 0.15) is 0 Å². The van der Waals surface area contributed by atoms with Crippen LogP contribution in [-0.4, -0.2) is 4.98 Å². The molecule has 4 N–H and O–H groups in total. The third-order valence-electron chi connectivity index (χ3n) is 3.06. The fraction of sp³-hybridized carbons (Fsp3) is 0.545. The number of anilines is 2. The number of nitrogens with zero attached hydrogens (tertiary/aromatic N) is 1. The third-order valence-corrected chi connectivity index (χ3v) is 3.36. The van der Waals surface area contributed by atoms with Crippen molar-refractivity contribution in [3.63, 3.8) is 0 Å². The second-order valence-corrected chi connectivity index (χ2v) is 4.54. The van der Waals surface area contributed by atoms with E-state index in [9.17, 15) is 0 Å². The molecule has 0 radical (unpaired) electrons. The molecule has 4 heteroatoms. The number of nitrogen functional groups attached to an aromatic ring is 2. The molecule has 1 aromatic rings. The van der Waals surface area contributed by atoms with Crippen LogP contribution in [-0.2, 0) is 0 Å². The zero-order valence-electron chi connectivity index (χ0n) is 8.67. The van der Waals surface area contributed by atoms with Crippen molar-refractivity contribution in [2.45, 2.75) is 38.0 Å². The van der Waals surface area contributed by atoms with E-state index in [2.05, 4.69) is 4.98 Å². The van der Waals surface area contributed by atoms with E-state index in [1.807, 2.05) is 0 Å². The summed E-state index contributed by atoms with van der Waals surface area (Å²) in [5.74, 6) is 0.469. The van der Waals surface area contributed by atoms with Gasteiger partial charge in [-0.2, -0.15) is 0 Å². The molecule has 0 atom stereocenters. The fourth-order valence-corrected chi connectivity index (χ4v) is 2.38. The van der Waals surface area contributed by atoms with Crippen molar-refractivity contribution in [1.82, 2.24) is 4.98 Å². The Morgan fingerprint density at radius 1 is 1.13 bits per heavy atom. The Balaban J connectivity index is 2.30. The molecular formula is C11H16ClN3. The third kappa shape index (κ3) is 2.17. The van der Waals surface area contributed by atoms with Gasteiger partial charge in [0.15, 0.2) is 5.15 Å². The lowest BCUT2D eigenvalue weighted by atomic mass is 9.86. The van der Waals surface area contributed by atoms with Crippen molar-refractivity contribution in [2.75, 3.05) is 11.5 Å². The molecule has 0 unspecified atom stereocenters. The van der Waals surface area contributed by atoms with Crippen LogP contribution in [0.4, 0.5) is 11.4 Å². The first kappa shape index (κ1) is 10.6. The molecule has 0 saturated heterocycles. The van der Waals surface area contributed by atoms with Crippen molar-refractivity contribution >= 4 is 23.0 Å². The van der Waals surface area contributed by atoms with Gasteiger partial charge in [-0.25, -0.2) is 4.98 Å². The zero-order chi connectivity index (χ0) is 10.8. The SMILES string of the molecule is Nc1cc(N)c(C2CCCCC2)nc1Cl. The molecule has 1 aromatic heterocycles. The van der Waals surface area contributed by atoms with Crippen LogP contribution >= 0.6 is 11.6 Å². The van der Waals surface area contributed by atoms with E-state index in [0.717, 1.165) is 18.5 Å². The van der Waals surface area contributed by atoms with E-state index in [-0.39, 0.29) is 0 Å². The number of hydrogen-bond acceptors (Lipinski definition) is 3. The van der Waals surface area contributed by atoms with E-state index in [4.69, 9.17) is 23.1 Å². The quantitative estimate of drug-likeness (QED) is 0.723. The van der Waals surface area contributed by atoms with Gasteiger partial charge in [-0.1, -0.05) is 30.9 Å². The van der Waals surface area contributed by atoms with Crippen LogP contribution in [0.25, 0.3) is 0 Å². The smallest absolute Gasteiger partial charge is 0.152 e. The summed E-state index contributed by atoms with van der Waals surface area (Å²) in [6, 6.07) is 1.72. The molecule has 1 aliphatic carbocycles. The summed E-state index contributed by atoms with van der Waals surface area (Å²) >= 11 is 5.91. The van der Waals surface area contributed by atoms with Crippen LogP contribution in [0.2, 0.25) is 5.15 Å². The topological polar surface area (TPSA) is 64.9 Å². The van der Waals surface area contributed by atoms with E-state index < -0.39 is 0 Å². The highest BCUT2D eigenvalue weighted by Crippen LogP contribution is 2.36. The van der Waals surface area contributed by atoms with E-state index >= 15 is 0 Å². The van der Waals surface area contributed by atoms with Gasteiger partial charge in [0, 0.05) is 5.92 Å². The Morgan fingerprint density at radius 3 is 2.47 bits per heavy atom. The Bertz CT molecular complexity index is 359. The monoisotopic (exact) mass is 225 g/mol. The minimum absolute atomic E-state index is 0.379. The summed E-state index contributed by atoms with van der Waals surface area (Å²) in [6.07, 6.45) is 6.16. The van der Waals surface area contributed by atoms with Crippen LogP contribution in [0, 0.1) is 0 Å². The molecule has 0 bridgehead atoms. The van der Waals surface area contributed by atoms with Crippen molar-refractivity contribution in [1.29, 1.82) is 0 Å². The van der Waals surface area contributed by atoms with Gasteiger partial charge in [0.25, 0.3) is 0 Å². The highest BCUT2D eigenvalue weighted by molar-refractivity contribution is 6.31. The summed E-state index contributed by atoms with van der Waals surface area (Å²) in [4.78, 5) is 4.31. The lowest BCUT2D eigenvalue weighted by Gasteiger charge is -2.22. The van der Waals surface area contributed by atoms with Gasteiger partial charge >= 0.3 is 0 Å². The zero-order valence-corrected chi connectivity index (χ0v) is 9.43. The Labute approximate surface area is 94.8 Å². The first-order valence-corrected chi connectivity index (χ1v) is 5.77. The minimum atomic E-state index is 0.379. The molecule has 1 fully saturated rings. The van der Waals surface area contributed by atoms with Crippen molar-refractivity contribution < 1.29 is 0 Å². The van der Waals surface area contributed by atoms with Crippen molar-refractivity contribution in [3.05, 3.63) is 16.9 Å². The second-order valence-electron chi connectivity index (χ2n) is 4.18. The predicted molar refractivity (Wildman–Crippen MR) is 63.9 cm³/mol. The van der Waals surface area contributed by atoms with Gasteiger partial charge in [0.2, 0.25) is 0 Å². The molecular weight excluding hydrogens is 210 g/mol. The number of pyridine rings is 1. The first-order chi connectivity index (χ1) is 7.18. The predicted octanol–water partition coefficient (Wildman–Crippen LogP) is 2.95. The van der Waals surface area contributed by atoms with Crippen LogP contribution in [0.15, 0.2) is 6.07 Å². The molecule has 3 nitrogen and oxygen atoms in total. The van der Waals surface area contributed by atoms with E-state index in [1.54, 1.807) is 6.07 Å². The average molecular weight is 226 g/mol. The van der Waals surface area contributed by atoms with Gasteiger partial charge in [-0.3, -0.25) is 0 Å². The molecule has 1 heterocycles. The van der Waals surface area contributed by atoms with Gasteiger partial charge in [-0.15, -0.1) is 0 Å². The molecule has 2 rings (SSSR count). The molecule has 1 aliphatic rings. The lowest BCUT2D eigenvalue weighted by Crippen LogP contribution is -2.10. The normalized spacial score (nSPS) is 17.9. The summed E-state index contributed by atoms with van der Waals surface area (Å²) in [7, 11) is 0. The largest absolute Gasteiger partial charge is 0.397 e. The summed E-state index contributed by atoms with van der Waals surface area (Å²) < 4.78 is 0. The number of aromatic nitrogens is 1. The molecule has 0 aromatic carbocycles. The summed E-state index contributed by atoms with van der Waals surface area (Å²) in [5, 5.41) is 0.379. The number of nitrogens with two attached hydrogens (primary N) is 2. The lowest BCUT2D eigenvalue weighted by molar-refractivity contribution is 0.438. The van der Waals surface area contributed by atoms with Gasteiger partial charge in [-0.05, 0) is 18.9 Å². The number of hydrogen-bond donors (Lipinski definition) is 2. The minimum Gasteiger partial charge on any atom is -0.397 e. The van der Waals surface area contributed by atoms with Crippen LogP contribution < -0.4 is 11.5 Å². The van der Waals surface area contributed by atoms with Crippen LogP contribution in [0.1, 0.15) is 43.7 Å². The van der Waals surface area contributed by atoms with Crippen molar-refractivity contribution in [2.24, 2.45) is 0 Å². The Kier molecular flexibility index (Phi) is 3.00. The van der Waals surface area contributed by atoms with Gasteiger partial charge < -0.3 is 11.5 Å². The highest BCUT2D eigenvalue weighted by Gasteiger charge is 2.20. The molecule has 0 amide bonds. The molecule has 0 spiro atoms. The van der Waals surface area contributed by atoms with Crippen molar-refractivity contribution in [3.8, 4) is 0 Å².